The molecule has 0 N–H and O–H groups in total. The topological polar surface area (TPSA) is 54.5 Å². The molecule has 4 nitrogen and oxygen atoms in total. The predicted molar refractivity (Wildman–Crippen MR) is 74.0 cm³/mol. The van der Waals surface area contributed by atoms with Crippen LogP contribution in [0.25, 0.3) is 11.4 Å². The fourth-order valence-electron chi connectivity index (χ4n) is 1.99. The van der Waals surface area contributed by atoms with Gasteiger partial charge in [-0.1, -0.05) is 19.8 Å². The third-order valence-corrected chi connectivity index (χ3v) is 3.14. The maximum Gasteiger partial charge on any atom is 0.181 e. The Bertz CT molecular complexity index is 583. The normalized spacial score (nSPS) is 12.1. The fourth-order valence-corrected chi connectivity index (χ4v) is 1.99. The number of benzene rings is 1. The Hall–Kier alpha value is -2.22. The standard InChI is InChI=1S/C15H17FN4/c1-2-3-4-12(9-17)10-20-11-18-15(19-20)13-5-7-14(16)8-6-13/h5-8,11-12H,2-4,10H2,1H3. The highest BCUT2D eigenvalue weighted by atomic mass is 19.1. The van der Waals surface area contributed by atoms with Crippen LogP contribution >= 0.6 is 0 Å². The van der Waals surface area contributed by atoms with Gasteiger partial charge in [-0.05, 0) is 30.7 Å². The highest BCUT2D eigenvalue weighted by Gasteiger charge is 2.10. The van der Waals surface area contributed by atoms with Gasteiger partial charge in [0.25, 0.3) is 0 Å². The molecule has 20 heavy (non-hydrogen) atoms. The summed E-state index contributed by atoms with van der Waals surface area (Å²) in [5.74, 6) is 0.229. The van der Waals surface area contributed by atoms with Crippen molar-refractivity contribution in [1.29, 1.82) is 5.26 Å². The zero-order chi connectivity index (χ0) is 14.4. The average molecular weight is 272 g/mol. The third kappa shape index (κ3) is 3.64. The molecule has 0 fully saturated rings. The van der Waals surface area contributed by atoms with Crippen molar-refractivity contribution in [3.05, 3.63) is 36.4 Å². The van der Waals surface area contributed by atoms with E-state index in [2.05, 4.69) is 23.1 Å². The van der Waals surface area contributed by atoms with Gasteiger partial charge in [0.05, 0.1) is 18.5 Å². The Balaban J connectivity index is 2.05. The third-order valence-electron chi connectivity index (χ3n) is 3.14. The highest BCUT2D eigenvalue weighted by Crippen LogP contribution is 2.16. The summed E-state index contributed by atoms with van der Waals surface area (Å²) in [6.45, 7) is 2.65. The molecule has 1 heterocycles. The van der Waals surface area contributed by atoms with Gasteiger partial charge in [0, 0.05) is 5.56 Å². The molecule has 5 heteroatoms. The largest absolute Gasteiger partial charge is 0.251 e. The van der Waals surface area contributed by atoms with Crippen LogP contribution in [-0.2, 0) is 6.54 Å². The van der Waals surface area contributed by atoms with Gasteiger partial charge in [-0.2, -0.15) is 10.4 Å². The molecule has 0 aliphatic carbocycles. The minimum Gasteiger partial charge on any atom is -0.251 e. The molecule has 1 unspecified atom stereocenters. The Kier molecular flexibility index (Phi) is 4.83. The monoisotopic (exact) mass is 272 g/mol. The van der Waals surface area contributed by atoms with Gasteiger partial charge in [0.1, 0.15) is 12.1 Å². The summed E-state index contributed by atoms with van der Waals surface area (Å²) >= 11 is 0. The first kappa shape index (κ1) is 14.2. The van der Waals surface area contributed by atoms with Crippen molar-refractivity contribution in [2.75, 3.05) is 0 Å². The number of hydrogen-bond acceptors (Lipinski definition) is 3. The first-order valence-electron chi connectivity index (χ1n) is 6.78. The SMILES string of the molecule is CCCCC(C#N)Cn1cnc(-c2ccc(F)cc2)n1. The summed E-state index contributed by atoms with van der Waals surface area (Å²) < 4.78 is 14.5. The molecule has 0 saturated heterocycles. The lowest BCUT2D eigenvalue weighted by molar-refractivity contribution is 0.457. The molecule has 0 aliphatic rings. The molecule has 0 aliphatic heterocycles. The van der Waals surface area contributed by atoms with E-state index < -0.39 is 0 Å². The molecule has 0 spiro atoms. The Morgan fingerprint density at radius 2 is 2.10 bits per heavy atom. The lowest BCUT2D eigenvalue weighted by Gasteiger charge is -2.07. The molecule has 0 saturated carbocycles. The zero-order valence-electron chi connectivity index (χ0n) is 11.5. The number of nitrogens with zero attached hydrogens (tertiary/aromatic N) is 4. The maximum absolute atomic E-state index is 12.9. The molecule has 1 aromatic heterocycles. The highest BCUT2D eigenvalue weighted by molar-refractivity contribution is 5.53. The number of nitriles is 1. The van der Waals surface area contributed by atoms with Crippen LogP contribution in [-0.4, -0.2) is 14.8 Å². The van der Waals surface area contributed by atoms with Crippen molar-refractivity contribution in [3.8, 4) is 17.5 Å². The van der Waals surface area contributed by atoms with Crippen molar-refractivity contribution in [2.45, 2.75) is 32.7 Å². The second-order valence-electron chi connectivity index (χ2n) is 4.77. The summed E-state index contributed by atoms with van der Waals surface area (Å²) in [7, 11) is 0. The van der Waals surface area contributed by atoms with Gasteiger partial charge < -0.3 is 0 Å². The van der Waals surface area contributed by atoms with E-state index in [4.69, 9.17) is 5.26 Å². The Labute approximate surface area is 117 Å². The van der Waals surface area contributed by atoms with Crippen LogP contribution < -0.4 is 0 Å². The van der Waals surface area contributed by atoms with Crippen LogP contribution in [0.5, 0.6) is 0 Å². The summed E-state index contributed by atoms with van der Waals surface area (Å²) in [5.41, 5.74) is 0.771. The van der Waals surface area contributed by atoms with Crippen molar-refractivity contribution >= 4 is 0 Å². The van der Waals surface area contributed by atoms with Crippen LogP contribution in [0.15, 0.2) is 30.6 Å². The summed E-state index contributed by atoms with van der Waals surface area (Å²) in [6, 6.07) is 8.37. The molecule has 0 bridgehead atoms. The quantitative estimate of drug-likeness (QED) is 0.809. The van der Waals surface area contributed by atoms with E-state index in [1.165, 1.54) is 12.1 Å². The second-order valence-corrected chi connectivity index (χ2v) is 4.77. The Morgan fingerprint density at radius 3 is 2.75 bits per heavy atom. The predicted octanol–water partition coefficient (Wildman–Crippen LogP) is 3.41. The summed E-state index contributed by atoms with van der Waals surface area (Å²) in [6.07, 6.45) is 4.61. The molecular formula is C15H17FN4. The number of hydrogen-bond donors (Lipinski definition) is 0. The molecule has 0 radical (unpaired) electrons. The van der Waals surface area contributed by atoms with E-state index in [1.54, 1.807) is 23.1 Å². The van der Waals surface area contributed by atoms with Crippen LogP contribution in [0.2, 0.25) is 0 Å². The molecule has 104 valence electrons. The van der Waals surface area contributed by atoms with Crippen molar-refractivity contribution < 1.29 is 4.39 Å². The summed E-state index contributed by atoms with van der Waals surface area (Å²) in [5, 5.41) is 13.5. The average Bonchev–Trinajstić information content (AvgIpc) is 2.92. The zero-order valence-corrected chi connectivity index (χ0v) is 11.5. The number of aromatic nitrogens is 3. The fraction of sp³-hybridized carbons (Fsp3) is 0.400. The lowest BCUT2D eigenvalue weighted by atomic mass is 10.0. The number of halogens is 1. The van der Waals surface area contributed by atoms with Crippen LogP contribution in [0, 0.1) is 23.1 Å². The van der Waals surface area contributed by atoms with Gasteiger partial charge in [0.15, 0.2) is 5.82 Å². The van der Waals surface area contributed by atoms with Crippen LogP contribution in [0.3, 0.4) is 0 Å². The molecule has 2 rings (SSSR count). The van der Waals surface area contributed by atoms with Crippen molar-refractivity contribution in [1.82, 2.24) is 14.8 Å². The molecule has 2 aromatic rings. The Morgan fingerprint density at radius 1 is 1.35 bits per heavy atom. The maximum atomic E-state index is 12.9. The number of rotatable bonds is 6. The number of unbranched alkanes of at least 4 members (excludes halogenated alkanes) is 1. The van der Waals surface area contributed by atoms with Gasteiger partial charge in [-0.25, -0.2) is 9.37 Å². The molecular weight excluding hydrogens is 255 g/mol. The van der Waals surface area contributed by atoms with Crippen LogP contribution in [0.4, 0.5) is 4.39 Å². The summed E-state index contributed by atoms with van der Waals surface area (Å²) in [4.78, 5) is 4.20. The molecule has 1 aromatic carbocycles. The van der Waals surface area contributed by atoms with Crippen molar-refractivity contribution in [3.63, 3.8) is 0 Å². The lowest BCUT2D eigenvalue weighted by Crippen LogP contribution is -2.09. The minimum absolute atomic E-state index is 0.0438. The smallest absolute Gasteiger partial charge is 0.181 e. The first-order chi connectivity index (χ1) is 9.72. The first-order valence-corrected chi connectivity index (χ1v) is 6.78. The van der Waals surface area contributed by atoms with Gasteiger partial charge >= 0.3 is 0 Å². The van der Waals surface area contributed by atoms with Gasteiger partial charge in [0.2, 0.25) is 0 Å². The van der Waals surface area contributed by atoms with Crippen molar-refractivity contribution in [2.24, 2.45) is 5.92 Å². The van der Waals surface area contributed by atoms with Gasteiger partial charge in [-0.3, -0.25) is 4.68 Å². The van der Waals surface area contributed by atoms with E-state index in [0.717, 1.165) is 24.8 Å². The van der Waals surface area contributed by atoms with E-state index in [9.17, 15) is 4.39 Å². The minimum atomic E-state index is -0.280. The van der Waals surface area contributed by atoms with E-state index >= 15 is 0 Å². The van der Waals surface area contributed by atoms with Crippen LogP contribution in [0.1, 0.15) is 26.2 Å². The molecule has 1 atom stereocenters. The van der Waals surface area contributed by atoms with E-state index in [0.29, 0.717) is 12.4 Å². The second kappa shape index (κ2) is 6.80. The van der Waals surface area contributed by atoms with Gasteiger partial charge in [-0.15, -0.1) is 0 Å². The van der Waals surface area contributed by atoms with E-state index in [1.807, 2.05) is 0 Å². The van der Waals surface area contributed by atoms with E-state index in [-0.39, 0.29) is 11.7 Å². The molecule has 0 amide bonds.